The van der Waals surface area contributed by atoms with Crippen LogP contribution in [0.3, 0.4) is 0 Å². The van der Waals surface area contributed by atoms with Gasteiger partial charge in [-0.1, -0.05) is 0 Å². The van der Waals surface area contributed by atoms with Gasteiger partial charge in [-0.05, 0) is 44.5 Å². The molecular formula is C14H15ClFNO2. The lowest BCUT2D eigenvalue weighted by Gasteiger charge is -2.19. The van der Waals surface area contributed by atoms with Crippen molar-refractivity contribution in [3.8, 4) is 0 Å². The first-order valence-electron chi connectivity index (χ1n) is 5.90. The molecule has 0 aliphatic heterocycles. The third-order valence-corrected chi connectivity index (χ3v) is 2.87. The second-order valence-electron chi connectivity index (χ2n) is 5.30. The van der Waals surface area contributed by atoms with Crippen molar-refractivity contribution in [1.82, 2.24) is 4.57 Å². The molecule has 2 aromatic rings. The SMILES string of the molecule is CC(C)(C)OC(=O)n1cc(CCl)c2ccc(F)cc21. The second-order valence-corrected chi connectivity index (χ2v) is 5.57. The summed E-state index contributed by atoms with van der Waals surface area (Å²) in [5, 5.41) is 0.752. The van der Waals surface area contributed by atoms with Gasteiger partial charge in [0.15, 0.2) is 0 Å². The molecule has 0 fully saturated rings. The molecule has 1 heterocycles. The molecular weight excluding hydrogens is 269 g/mol. The van der Waals surface area contributed by atoms with E-state index in [0.717, 1.165) is 10.9 Å². The zero-order chi connectivity index (χ0) is 14.2. The summed E-state index contributed by atoms with van der Waals surface area (Å²) in [7, 11) is 0. The standard InChI is InChI=1S/C14H15ClFNO2/c1-14(2,3)19-13(18)17-8-9(7-15)11-5-4-10(16)6-12(11)17/h4-6,8H,7H2,1-3H3. The van der Waals surface area contributed by atoms with Gasteiger partial charge in [-0.2, -0.15) is 0 Å². The summed E-state index contributed by atoms with van der Waals surface area (Å²) in [6, 6.07) is 4.26. The number of rotatable bonds is 1. The largest absolute Gasteiger partial charge is 0.443 e. The minimum Gasteiger partial charge on any atom is -0.443 e. The number of nitrogens with zero attached hydrogens (tertiary/aromatic N) is 1. The number of aromatic nitrogens is 1. The molecule has 102 valence electrons. The summed E-state index contributed by atoms with van der Waals surface area (Å²) in [6.07, 6.45) is 1.05. The van der Waals surface area contributed by atoms with Crippen LogP contribution in [0.15, 0.2) is 24.4 Å². The monoisotopic (exact) mass is 283 g/mol. The fourth-order valence-electron chi connectivity index (χ4n) is 1.84. The lowest BCUT2D eigenvalue weighted by atomic mass is 10.2. The summed E-state index contributed by atoms with van der Waals surface area (Å²) in [5.74, 6) is -0.158. The van der Waals surface area contributed by atoms with Gasteiger partial charge in [0.25, 0.3) is 0 Å². The highest BCUT2D eigenvalue weighted by Gasteiger charge is 2.20. The smallest absolute Gasteiger partial charge is 0.419 e. The van der Waals surface area contributed by atoms with Crippen LogP contribution in [0, 0.1) is 5.82 Å². The van der Waals surface area contributed by atoms with E-state index in [1.807, 2.05) is 0 Å². The second kappa shape index (κ2) is 4.85. The molecule has 5 heteroatoms. The molecule has 0 unspecified atom stereocenters. The number of hydrogen-bond acceptors (Lipinski definition) is 2. The van der Waals surface area contributed by atoms with Crippen molar-refractivity contribution in [3.05, 3.63) is 35.8 Å². The first-order chi connectivity index (χ1) is 8.81. The number of benzene rings is 1. The van der Waals surface area contributed by atoms with Crippen LogP contribution in [-0.4, -0.2) is 16.3 Å². The number of carbonyl (C=O) groups excluding carboxylic acids is 1. The minimum atomic E-state index is -0.609. The highest BCUT2D eigenvalue weighted by Crippen LogP contribution is 2.25. The number of alkyl halides is 1. The van der Waals surface area contributed by atoms with E-state index >= 15 is 0 Å². The normalized spacial score (nSPS) is 11.8. The Bertz CT molecular complexity index is 628. The van der Waals surface area contributed by atoms with Crippen LogP contribution >= 0.6 is 11.6 Å². The van der Waals surface area contributed by atoms with Gasteiger partial charge >= 0.3 is 6.09 Å². The van der Waals surface area contributed by atoms with Crippen LogP contribution in [0.4, 0.5) is 9.18 Å². The van der Waals surface area contributed by atoms with Crippen molar-refractivity contribution in [3.63, 3.8) is 0 Å². The molecule has 0 aliphatic carbocycles. The zero-order valence-corrected chi connectivity index (χ0v) is 11.8. The van der Waals surface area contributed by atoms with Crippen molar-refractivity contribution >= 4 is 28.6 Å². The quantitative estimate of drug-likeness (QED) is 0.731. The molecule has 1 aromatic carbocycles. The van der Waals surface area contributed by atoms with Gasteiger partial charge in [-0.15, -0.1) is 11.6 Å². The molecule has 0 radical (unpaired) electrons. The predicted octanol–water partition coefficient (Wildman–Crippen LogP) is 4.30. The molecule has 2 rings (SSSR count). The average Bonchev–Trinajstić information content (AvgIpc) is 2.64. The summed E-state index contributed by atoms with van der Waals surface area (Å²) < 4.78 is 19.9. The molecule has 0 saturated carbocycles. The van der Waals surface area contributed by atoms with Gasteiger partial charge in [0.2, 0.25) is 0 Å². The maximum Gasteiger partial charge on any atom is 0.419 e. The van der Waals surface area contributed by atoms with Crippen LogP contribution < -0.4 is 0 Å². The average molecular weight is 284 g/mol. The van der Waals surface area contributed by atoms with Crippen molar-refractivity contribution < 1.29 is 13.9 Å². The Morgan fingerprint density at radius 1 is 1.42 bits per heavy atom. The molecule has 0 spiro atoms. The Labute approximate surface area is 115 Å². The van der Waals surface area contributed by atoms with Crippen molar-refractivity contribution in [2.75, 3.05) is 0 Å². The van der Waals surface area contributed by atoms with Crippen LogP contribution in [0.25, 0.3) is 10.9 Å². The van der Waals surface area contributed by atoms with E-state index in [-0.39, 0.29) is 5.88 Å². The molecule has 3 nitrogen and oxygen atoms in total. The van der Waals surface area contributed by atoms with E-state index in [1.165, 1.54) is 16.7 Å². The Hall–Kier alpha value is -1.55. The maximum atomic E-state index is 13.3. The van der Waals surface area contributed by atoms with Crippen LogP contribution in [0.5, 0.6) is 0 Å². The fourth-order valence-corrected chi connectivity index (χ4v) is 2.05. The fraction of sp³-hybridized carbons (Fsp3) is 0.357. The molecule has 19 heavy (non-hydrogen) atoms. The maximum absolute atomic E-state index is 13.3. The van der Waals surface area contributed by atoms with Gasteiger partial charge in [0.05, 0.1) is 5.52 Å². The van der Waals surface area contributed by atoms with Crippen LogP contribution in [0.1, 0.15) is 26.3 Å². The zero-order valence-electron chi connectivity index (χ0n) is 11.0. The van der Waals surface area contributed by atoms with E-state index in [9.17, 15) is 9.18 Å². The molecule has 0 atom stereocenters. The third-order valence-electron chi connectivity index (χ3n) is 2.58. The highest BCUT2D eigenvalue weighted by molar-refractivity contribution is 6.18. The third kappa shape index (κ3) is 2.89. The summed E-state index contributed by atoms with van der Waals surface area (Å²) in [4.78, 5) is 12.1. The van der Waals surface area contributed by atoms with E-state index in [1.54, 1.807) is 33.0 Å². The lowest BCUT2D eigenvalue weighted by Crippen LogP contribution is -2.26. The van der Waals surface area contributed by atoms with Gasteiger partial charge in [0, 0.05) is 17.5 Å². The van der Waals surface area contributed by atoms with Crippen molar-refractivity contribution in [2.24, 2.45) is 0 Å². The van der Waals surface area contributed by atoms with E-state index in [0.29, 0.717) is 5.52 Å². The summed E-state index contributed by atoms with van der Waals surface area (Å²) >= 11 is 5.84. The number of halogens is 2. The predicted molar refractivity (Wildman–Crippen MR) is 73.1 cm³/mol. The molecule has 0 bridgehead atoms. The number of carbonyl (C=O) groups is 1. The van der Waals surface area contributed by atoms with Gasteiger partial charge < -0.3 is 4.74 Å². The van der Waals surface area contributed by atoms with Gasteiger partial charge in [-0.25, -0.2) is 9.18 Å². The Balaban J connectivity index is 2.54. The number of fused-ring (bicyclic) bond motifs is 1. The molecule has 1 aromatic heterocycles. The summed E-state index contributed by atoms with van der Waals surface area (Å²) in [6.45, 7) is 5.33. The van der Waals surface area contributed by atoms with E-state index in [4.69, 9.17) is 16.3 Å². The van der Waals surface area contributed by atoms with Gasteiger partial charge in [0.1, 0.15) is 11.4 Å². The number of hydrogen-bond donors (Lipinski definition) is 0. The lowest BCUT2D eigenvalue weighted by molar-refractivity contribution is 0.0544. The topological polar surface area (TPSA) is 31.2 Å². The first-order valence-corrected chi connectivity index (χ1v) is 6.44. The van der Waals surface area contributed by atoms with Crippen molar-refractivity contribution in [1.29, 1.82) is 0 Å². The highest BCUT2D eigenvalue weighted by atomic mass is 35.5. The summed E-state index contributed by atoms with van der Waals surface area (Å²) in [5.41, 5.74) is 0.620. The molecule has 0 N–H and O–H groups in total. The Kier molecular flexibility index (Phi) is 3.54. The van der Waals surface area contributed by atoms with Crippen LogP contribution in [0.2, 0.25) is 0 Å². The van der Waals surface area contributed by atoms with Gasteiger partial charge in [-0.3, -0.25) is 4.57 Å². The molecule has 0 aliphatic rings. The van der Waals surface area contributed by atoms with E-state index < -0.39 is 17.5 Å². The van der Waals surface area contributed by atoms with Crippen LogP contribution in [-0.2, 0) is 10.6 Å². The minimum absolute atomic E-state index is 0.248. The van der Waals surface area contributed by atoms with E-state index in [2.05, 4.69) is 0 Å². The molecule has 0 amide bonds. The Morgan fingerprint density at radius 3 is 2.68 bits per heavy atom. The van der Waals surface area contributed by atoms with Crippen molar-refractivity contribution in [2.45, 2.75) is 32.3 Å². The molecule has 0 saturated heterocycles. The first kappa shape index (κ1) is 13.9. The number of ether oxygens (including phenoxy) is 1. The Morgan fingerprint density at radius 2 is 2.11 bits per heavy atom.